The molecule has 0 bridgehead atoms. The van der Waals surface area contributed by atoms with E-state index in [1.807, 2.05) is 0 Å². The summed E-state index contributed by atoms with van der Waals surface area (Å²) >= 11 is 0. The largest absolute Gasteiger partial charge is 0.435 e. The molecule has 0 aromatic heterocycles. The lowest BCUT2D eigenvalue weighted by Crippen LogP contribution is -2.15. The van der Waals surface area contributed by atoms with Crippen LogP contribution in [0.3, 0.4) is 0 Å². The Bertz CT molecular complexity index is 837. The zero-order valence-corrected chi connectivity index (χ0v) is 19.3. The summed E-state index contributed by atoms with van der Waals surface area (Å²) in [6.45, 7) is -0.523. The van der Waals surface area contributed by atoms with Gasteiger partial charge in [-0.25, -0.2) is 0 Å². The van der Waals surface area contributed by atoms with Gasteiger partial charge in [0.2, 0.25) is 0 Å². The number of hydrogen-bond donors (Lipinski definition) is 0. The SMILES string of the molecule is CCCCCC[C@H]1CC[C@H](CCc2ccc(C#Cc3ccc(OC(F)F)cc3)cc2)CC1. The van der Waals surface area contributed by atoms with E-state index in [4.69, 9.17) is 0 Å². The molecule has 0 amide bonds. The first-order valence-corrected chi connectivity index (χ1v) is 12.3. The normalized spacial score (nSPS) is 18.2. The van der Waals surface area contributed by atoms with Gasteiger partial charge in [-0.3, -0.25) is 0 Å². The second-order valence-electron chi connectivity index (χ2n) is 9.12. The van der Waals surface area contributed by atoms with Gasteiger partial charge in [-0.15, -0.1) is 0 Å². The summed E-state index contributed by atoms with van der Waals surface area (Å²) in [4.78, 5) is 0. The minimum Gasteiger partial charge on any atom is -0.435 e. The molecule has 0 atom stereocenters. The lowest BCUT2D eigenvalue weighted by molar-refractivity contribution is -0.0498. The van der Waals surface area contributed by atoms with E-state index in [-0.39, 0.29) is 5.75 Å². The van der Waals surface area contributed by atoms with Crippen LogP contribution < -0.4 is 4.74 Å². The van der Waals surface area contributed by atoms with Gasteiger partial charge in [-0.1, -0.05) is 88.7 Å². The van der Waals surface area contributed by atoms with E-state index in [0.717, 1.165) is 29.4 Å². The van der Waals surface area contributed by atoms with Crippen LogP contribution in [0.25, 0.3) is 0 Å². The molecule has 172 valence electrons. The standard InChI is InChI=1S/C29H36F2O/c1-2-3-4-5-6-23-7-9-24(10-8-23)11-12-25-13-15-26(16-14-25)17-18-27-19-21-28(22-20-27)32-29(30)31/h13-16,19-24,29H,2-12H2,1H3/t23-,24-. The third-order valence-corrected chi connectivity index (χ3v) is 6.66. The number of halogens is 2. The van der Waals surface area contributed by atoms with E-state index in [1.54, 1.807) is 12.1 Å². The van der Waals surface area contributed by atoms with Gasteiger partial charge < -0.3 is 4.74 Å². The third-order valence-electron chi connectivity index (χ3n) is 6.66. The van der Waals surface area contributed by atoms with Gasteiger partial charge in [-0.2, -0.15) is 8.78 Å². The molecule has 0 radical (unpaired) electrons. The van der Waals surface area contributed by atoms with Crippen molar-refractivity contribution in [1.82, 2.24) is 0 Å². The van der Waals surface area contributed by atoms with Crippen LogP contribution in [-0.4, -0.2) is 6.61 Å². The number of rotatable bonds is 10. The molecule has 0 N–H and O–H groups in total. The van der Waals surface area contributed by atoms with E-state index in [1.165, 1.54) is 81.9 Å². The van der Waals surface area contributed by atoms with Crippen LogP contribution >= 0.6 is 0 Å². The number of hydrogen-bond acceptors (Lipinski definition) is 1. The zero-order valence-electron chi connectivity index (χ0n) is 19.3. The summed E-state index contributed by atoms with van der Waals surface area (Å²) in [5.74, 6) is 8.24. The number of alkyl halides is 2. The van der Waals surface area contributed by atoms with Crippen LogP contribution in [0.1, 0.15) is 87.8 Å². The van der Waals surface area contributed by atoms with Gasteiger partial charge in [0.25, 0.3) is 0 Å². The summed E-state index contributed by atoms with van der Waals surface area (Å²) in [6, 6.07) is 14.9. The van der Waals surface area contributed by atoms with Crippen molar-refractivity contribution in [3.05, 3.63) is 65.2 Å². The summed E-state index contributed by atoms with van der Waals surface area (Å²) in [7, 11) is 0. The molecule has 32 heavy (non-hydrogen) atoms. The zero-order chi connectivity index (χ0) is 22.6. The number of benzene rings is 2. The van der Waals surface area contributed by atoms with Crippen molar-refractivity contribution in [2.45, 2.75) is 84.2 Å². The maximum atomic E-state index is 12.2. The van der Waals surface area contributed by atoms with Gasteiger partial charge in [0.05, 0.1) is 0 Å². The van der Waals surface area contributed by atoms with E-state index < -0.39 is 6.61 Å². The summed E-state index contributed by atoms with van der Waals surface area (Å²) in [6.07, 6.45) is 15.1. The fourth-order valence-electron chi connectivity index (χ4n) is 4.66. The van der Waals surface area contributed by atoms with E-state index in [0.29, 0.717) is 0 Å². The fraction of sp³-hybridized carbons (Fsp3) is 0.517. The molecule has 1 aliphatic carbocycles. The Morgan fingerprint density at radius 2 is 1.34 bits per heavy atom. The van der Waals surface area contributed by atoms with Gasteiger partial charge in [0.1, 0.15) is 5.75 Å². The molecule has 0 heterocycles. The molecule has 1 nitrogen and oxygen atoms in total. The predicted molar refractivity (Wildman–Crippen MR) is 128 cm³/mol. The van der Waals surface area contributed by atoms with E-state index in [9.17, 15) is 8.78 Å². The highest BCUT2D eigenvalue weighted by atomic mass is 19.3. The van der Waals surface area contributed by atoms with Crippen LogP contribution in [0, 0.1) is 23.7 Å². The minimum absolute atomic E-state index is 0.148. The average Bonchev–Trinajstić information content (AvgIpc) is 2.81. The molecule has 1 saturated carbocycles. The van der Waals surface area contributed by atoms with Crippen molar-refractivity contribution in [1.29, 1.82) is 0 Å². The van der Waals surface area contributed by atoms with Crippen LogP contribution in [0.5, 0.6) is 5.75 Å². The Balaban J connectivity index is 1.39. The highest BCUT2D eigenvalue weighted by Crippen LogP contribution is 2.34. The van der Waals surface area contributed by atoms with Crippen LogP contribution in [0.15, 0.2) is 48.5 Å². The Labute approximate surface area is 192 Å². The van der Waals surface area contributed by atoms with Gasteiger partial charge >= 0.3 is 6.61 Å². The molecule has 1 fully saturated rings. The molecule has 0 saturated heterocycles. The quantitative estimate of drug-likeness (QED) is 0.267. The lowest BCUT2D eigenvalue weighted by atomic mass is 9.77. The monoisotopic (exact) mass is 438 g/mol. The first-order chi connectivity index (χ1) is 15.6. The molecule has 3 heteroatoms. The van der Waals surface area contributed by atoms with Crippen molar-refractivity contribution < 1.29 is 13.5 Å². The molecule has 2 aromatic carbocycles. The van der Waals surface area contributed by atoms with Crippen molar-refractivity contribution >= 4 is 0 Å². The van der Waals surface area contributed by atoms with Gasteiger partial charge in [0, 0.05) is 11.1 Å². The molecule has 2 aromatic rings. The van der Waals surface area contributed by atoms with Crippen LogP contribution in [0.2, 0.25) is 0 Å². The van der Waals surface area contributed by atoms with Crippen LogP contribution in [-0.2, 0) is 6.42 Å². The number of aryl methyl sites for hydroxylation is 1. The average molecular weight is 439 g/mol. The Morgan fingerprint density at radius 1 is 0.781 bits per heavy atom. The maximum Gasteiger partial charge on any atom is 0.387 e. The van der Waals surface area contributed by atoms with E-state index in [2.05, 4.69) is 47.8 Å². The van der Waals surface area contributed by atoms with Crippen molar-refractivity contribution in [2.24, 2.45) is 11.8 Å². The number of ether oxygens (including phenoxy) is 1. The smallest absolute Gasteiger partial charge is 0.387 e. The maximum absolute atomic E-state index is 12.2. The Hall–Kier alpha value is -2.34. The Morgan fingerprint density at radius 3 is 1.91 bits per heavy atom. The van der Waals surface area contributed by atoms with Crippen molar-refractivity contribution in [3.63, 3.8) is 0 Å². The van der Waals surface area contributed by atoms with Gasteiger partial charge in [0.15, 0.2) is 0 Å². The lowest BCUT2D eigenvalue weighted by Gasteiger charge is -2.28. The molecule has 1 aliphatic rings. The Kier molecular flexibility index (Phi) is 10.1. The summed E-state index contributed by atoms with van der Waals surface area (Å²) in [5, 5.41) is 0. The molecular formula is C29H36F2O. The van der Waals surface area contributed by atoms with Crippen molar-refractivity contribution in [2.75, 3.05) is 0 Å². The molecule has 3 rings (SSSR count). The minimum atomic E-state index is -2.80. The van der Waals surface area contributed by atoms with E-state index >= 15 is 0 Å². The predicted octanol–water partition coefficient (Wildman–Crippen LogP) is 8.40. The highest BCUT2D eigenvalue weighted by molar-refractivity contribution is 5.44. The topological polar surface area (TPSA) is 9.23 Å². The second-order valence-corrected chi connectivity index (χ2v) is 9.12. The summed E-state index contributed by atoms with van der Waals surface area (Å²) in [5.41, 5.74) is 3.12. The first kappa shape index (κ1) is 24.3. The molecule has 0 unspecified atom stereocenters. The molecule has 0 spiro atoms. The summed E-state index contributed by atoms with van der Waals surface area (Å²) < 4.78 is 28.8. The first-order valence-electron chi connectivity index (χ1n) is 12.3. The van der Waals surface area contributed by atoms with Gasteiger partial charge in [-0.05, 0) is 66.6 Å². The molecular weight excluding hydrogens is 402 g/mol. The highest BCUT2D eigenvalue weighted by Gasteiger charge is 2.20. The fourth-order valence-corrected chi connectivity index (χ4v) is 4.66. The molecule has 0 aliphatic heterocycles. The van der Waals surface area contributed by atoms with Crippen LogP contribution in [0.4, 0.5) is 8.78 Å². The number of unbranched alkanes of at least 4 members (excludes halogenated alkanes) is 3. The third kappa shape index (κ3) is 8.65. The van der Waals surface area contributed by atoms with Crippen molar-refractivity contribution in [3.8, 4) is 17.6 Å². The second kappa shape index (κ2) is 13.3.